The number of rotatable bonds is 19. The minimum Gasteiger partial charge on any atom is -0.379 e. The Balaban J connectivity index is 2.10. The molecule has 1 heterocycles. The van der Waals surface area contributed by atoms with Gasteiger partial charge in [-0.05, 0) is 51.8 Å². The molecule has 0 spiro atoms. The average Bonchev–Trinajstić information content (AvgIpc) is 3.54. The van der Waals surface area contributed by atoms with E-state index in [1.54, 1.807) is 31.1 Å². The van der Waals surface area contributed by atoms with Gasteiger partial charge in [-0.15, -0.1) is 0 Å². The van der Waals surface area contributed by atoms with Gasteiger partial charge in [-0.2, -0.15) is 0 Å². The van der Waals surface area contributed by atoms with Gasteiger partial charge < -0.3 is 35.6 Å². The van der Waals surface area contributed by atoms with Crippen LogP contribution in [-0.4, -0.2) is 123 Å². The molecule has 2 rings (SSSR count). The van der Waals surface area contributed by atoms with Crippen molar-refractivity contribution in [3.63, 3.8) is 0 Å². The van der Waals surface area contributed by atoms with Crippen LogP contribution in [0.5, 0.6) is 0 Å². The van der Waals surface area contributed by atoms with Crippen molar-refractivity contribution in [2.45, 2.75) is 109 Å². The first kappa shape index (κ1) is 41.1. The summed E-state index contributed by atoms with van der Waals surface area (Å²) in [6, 6.07) is 7.95. The van der Waals surface area contributed by atoms with Crippen molar-refractivity contribution in [2.75, 3.05) is 48.5 Å². The number of nitrogens with zero attached hydrogens (tertiary/aromatic N) is 3. The van der Waals surface area contributed by atoms with Crippen LogP contribution >= 0.6 is 0 Å². The number of carbonyl (C=O) groups is 4. The van der Waals surface area contributed by atoms with Crippen LogP contribution in [0.3, 0.4) is 0 Å². The van der Waals surface area contributed by atoms with Crippen LogP contribution in [-0.2, 0) is 28.7 Å². The predicted molar refractivity (Wildman–Crippen MR) is 188 cm³/mol. The van der Waals surface area contributed by atoms with Crippen LogP contribution < -0.4 is 16.4 Å². The number of likely N-dealkylation sites (N-methyl/N-ethyl adjacent to an activating group) is 2. The Morgan fingerprint density at radius 1 is 1.00 bits per heavy atom. The number of hydrogen-bond donors (Lipinski definition) is 3. The van der Waals surface area contributed by atoms with Gasteiger partial charge in [-0.3, -0.25) is 24.1 Å². The zero-order valence-corrected chi connectivity index (χ0v) is 30.9. The molecule has 1 aliphatic heterocycles. The lowest BCUT2D eigenvalue weighted by molar-refractivity contribution is -0.145. The second-order valence-electron chi connectivity index (χ2n) is 13.7. The molecule has 4 amide bonds. The molecule has 0 aromatic heterocycles. The highest BCUT2D eigenvalue weighted by Crippen LogP contribution is 2.29. The summed E-state index contributed by atoms with van der Waals surface area (Å²) in [6.45, 7) is 10.1. The zero-order chi connectivity index (χ0) is 36.1. The lowest BCUT2D eigenvalue weighted by Crippen LogP contribution is -2.54. The maximum atomic E-state index is 13.9. The number of ether oxygens (including phenoxy) is 2. The van der Waals surface area contributed by atoms with Gasteiger partial charge >= 0.3 is 0 Å². The summed E-state index contributed by atoms with van der Waals surface area (Å²) in [5.41, 5.74) is 7.37. The molecule has 48 heavy (non-hydrogen) atoms. The first-order valence-corrected chi connectivity index (χ1v) is 17.4. The molecule has 4 N–H and O–H groups in total. The van der Waals surface area contributed by atoms with Gasteiger partial charge in [0.15, 0.2) is 0 Å². The molecule has 12 nitrogen and oxygen atoms in total. The van der Waals surface area contributed by atoms with E-state index in [0.29, 0.717) is 19.4 Å². The molecule has 1 aromatic rings. The number of likely N-dealkylation sites (tertiary alicyclic amines) is 1. The summed E-state index contributed by atoms with van der Waals surface area (Å²) in [4.78, 5) is 58.7. The van der Waals surface area contributed by atoms with Gasteiger partial charge in [0.2, 0.25) is 23.6 Å². The summed E-state index contributed by atoms with van der Waals surface area (Å²) < 4.78 is 11.8. The van der Waals surface area contributed by atoms with Gasteiger partial charge in [0.25, 0.3) is 0 Å². The summed E-state index contributed by atoms with van der Waals surface area (Å²) in [6.07, 6.45) is 1.88. The standard InChI is InChI=1S/C36H62N6O6/c1-11-16-27(41(8)31(44)22-38-36(46)33(23(2)3)40(6)7)29(47-9)21-30(43)42-20-15-19-28(42)34(48-10)24(4)35(45)39-25(5)32(37)26-17-13-12-14-18-26/h12-14,17-18,23-25,27-29,32-34H,11,15-16,19-22,37H2,1-10H3,(H,38,46)(H,39,45)/t24?,25?,27-,28?,29?,32?,33?,34?/m0/s1. The van der Waals surface area contributed by atoms with Crippen molar-refractivity contribution in [1.29, 1.82) is 0 Å². The third kappa shape index (κ3) is 11.0. The summed E-state index contributed by atoms with van der Waals surface area (Å²) in [5, 5.41) is 5.85. The summed E-state index contributed by atoms with van der Waals surface area (Å²) in [7, 11) is 8.51. The molecule has 0 radical (unpaired) electrons. The minimum absolute atomic E-state index is 0.0671. The fourth-order valence-corrected chi connectivity index (χ4v) is 7.00. The number of nitrogens with one attached hydrogen (secondary N) is 2. The molecule has 0 saturated carbocycles. The van der Waals surface area contributed by atoms with E-state index in [1.165, 1.54) is 0 Å². The van der Waals surface area contributed by atoms with Crippen molar-refractivity contribution in [1.82, 2.24) is 25.3 Å². The third-order valence-electron chi connectivity index (χ3n) is 9.72. The molecular weight excluding hydrogens is 612 g/mol. The first-order valence-electron chi connectivity index (χ1n) is 17.4. The summed E-state index contributed by atoms with van der Waals surface area (Å²) >= 11 is 0. The van der Waals surface area contributed by atoms with Crippen molar-refractivity contribution in [3.05, 3.63) is 35.9 Å². The fourth-order valence-electron chi connectivity index (χ4n) is 7.00. The number of amides is 4. The lowest BCUT2D eigenvalue weighted by Gasteiger charge is -2.37. The van der Waals surface area contributed by atoms with Crippen LogP contribution in [0.2, 0.25) is 0 Å². The molecule has 1 aromatic carbocycles. The van der Waals surface area contributed by atoms with Gasteiger partial charge in [0, 0.05) is 39.9 Å². The molecule has 0 aliphatic carbocycles. The van der Waals surface area contributed by atoms with Crippen molar-refractivity contribution in [3.8, 4) is 0 Å². The van der Waals surface area contributed by atoms with Crippen LogP contribution in [0.15, 0.2) is 30.3 Å². The molecule has 7 unspecified atom stereocenters. The van der Waals surface area contributed by atoms with E-state index >= 15 is 0 Å². The van der Waals surface area contributed by atoms with E-state index in [9.17, 15) is 19.2 Å². The lowest BCUT2D eigenvalue weighted by atomic mass is 9.93. The van der Waals surface area contributed by atoms with Crippen LogP contribution in [0.1, 0.15) is 78.3 Å². The number of methoxy groups -OCH3 is 2. The van der Waals surface area contributed by atoms with E-state index in [2.05, 4.69) is 10.6 Å². The van der Waals surface area contributed by atoms with E-state index in [4.69, 9.17) is 15.2 Å². The van der Waals surface area contributed by atoms with Crippen molar-refractivity contribution in [2.24, 2.45) is 17.6 Å². The maximum Gasteiger partial charge on any atom is 0.242 e. The summed E-state index contributed by atoms with van der Waals surface area (Å²) in [5.74, 6) is -1.21. The molecule has 1 aliphatic rings. The molecule has 1 saturated heterocycles. The van der Waals surface area contributed by atoms with Crippen molar-refractivity contribution >= 4 is 23.6 Å². The van der Waals surface area contributed by atoms with Gasteiger partial charge in [0.05, 0.1) is 49.2 Å². The Labute approximate surface area is 288 Å². The smallest absolute Gasteiger partial charge is 0.242 e. The van der Waals surface area contributed by atoms with Crippen molar-refractivity contribution < 1.29 is 28.7 Å². The highest BCUT2D eigenvalue weighted by molar-refractivity contribution is 5.87. The molecule has 1 fully saturated rings. The number of benzene rings is 1. The van der Waals surface area contributed by atoms with Gasteiger partial charge in [-0.25, -0.2) is 0 Å². The molecular formula is C36H62N6O6. The first-order chi connectivity index (χ1) is 22.7. The SMILES string of the molecule is CCC[C@@H](C(CC(=O)N1CCCC1C(OC)C(C)C(=O)NC(C)C(N)c1ccccc1)OC)N(C)C(=O)CNC(=O)C(C(C)C)N(C)C. The highest BCUT2D eigenvalue weighted by atomic mass is 16.5. The van der Waals surface area contributed by atoms with Crippen LogP contribution in [0, 0.1) is 11.8 Å². The number of hydrogen-bond acceptors (Lipinski definition) is 8. The van der Waals surface area contributed by atoms with Gasteiger partial charge in [-0.1, -0.05) is 64.4 Å². The molecule has 272 valence electrons. The van der Waals surface area contributed by atoms with Crippen LogP contribution in [0.25, 0.3) is 0 Å². The second kappa shape index (κ2) is 19.8. The largest absolute Gasteiger partial charge is 0.379 e. The van der Waals surface area contributed by atoms with E-state index < -0.39 is 18.1 Å². The normalized spacial score (nSPS) is 19.3. The molecule has 8 atom stereocenters. The number of nitrogens with two attached hydrogens (primary N) is 1. The maximum absolute atomic E-state index is 13.9. The van der Waals surface area contributed by atoms with E-state index in [0.717, 1.165) is 18.4 Å². The predicted octanol–water partition coefficient (Wildman–Crippen LogP) is 2.57. The number of carbonyl (C=O) groups excluding carboxylic acids is 4. The van der Waals surface area contributed by atoms with Crippen LogP contribution in [0.4, 0.5) is 0 Å². The Morgan fingerprint density at radius 3 is 2.19 bits per heavy atom. The van der Waals surface area contributed by atoms with Gasteiger partial charge in [0.1, 0.15) is 0 Å². The quantitative estimate of drug-likeness (QED) is 0.203. The monoisotopic (exact) mass is 674 g/mol. The Hall–Kier alpha value is -3.06. The third-order valence-corrected chi connectivity index (χ3v) is 9.72. The average molecular weight is 675 g/mol. The molecule has 0 bridgehead atoms. The minimum atomic E-state index is -0.560. The Bertz CT molecular complexity index is 1160. The van der Waals surface area contributed by atoms with E-state index in [1.807, 2.05) is 83.9 Å². The Morgan fingerprint density at radius 2 is 1.65 bits per heavy atom. The zero-order valence-electron chi connectivity index (χ0n) is 30.9. The highest BCUT2D eigenvalue weighted by Gasteiger charge is 2.41. The topological polar surface area (TPSA) is 147 Å². The second-order valence-corrected chi connectivity index (χ2v) is 13.7. The fraction of sp³-hybridized carbons (Fsp3) is 0.722. The van der Waals surface area contributed by atoms with E-state index in [-0.39, 0.29) is 72.7 Å². The Kier molecular flexibility index (Phi) is 17.0. The molecule has 12 heteroatoms.